The maximum atomic E-state index is 6.31. The zero-order valence-electron chi connectivity index (χ0n) is 33.6. The Morgan fingerprint density at radius 1 is 0.383 bits per heavy atom. The van der Waals surface area contributed by atoms with Crippen LogP contribution in [0.25, 0.3) is 77.2 Å². The van der Waals surface area contributed by atoms with Crippen LogP contribution in [0.2, 0.25) is 0 Å². The van der Waals surface area contributed by atoms with Crippen molar-refractivity contribution < 1.29 is 4.42 Å². The Kier molecular flexibility index (Phi) is 9.32. The van der Waals surface area contributed by atoms with E-state index >= 15 is 0 Å². The van der Waals surface area contributed by atoms with Gasteiger partial charge < -0.3 is 9.32 Å². The number of nitrogens with zero attached hydrogens (tertiary/aromatic N) is 1. The van der Waals surface area contributed by atoms with E-state index in [0.717, 1.165) is 44.6 Å². The van der Waals surface area contributed by atoms with E-state index in [0.29, 0.717) is 5.92 Å². The van der Waals surface area contributed by atoms with E-state index in [1.165, 1.54) is 87.4 Å². The minimum absolute atomic E-state index is 0.575. The lowest BCUT2D eigenvalue weighted by Gasteiger charge is -2.31. The first-order valence-corrected chi connectivity index (χ1v) is 21.5. The van der Waals surface area contributed by atoms with Crippen LogP contribution in [0.4, 0.5) is 17.1 Å². The van der Waals surface area contributed by atoms with Gasteiger partial charge in [0.25, 0.3) is 0 Å². The standard InChI is InChI=1S/C58H45NO/c1-4-17-40(18-5-1)45-35-38-54(52(39-45)42-21-8-3-9-22-42)59(46-36-33-43(34-37-46)48-28-16-32-56-58(48)51-26-11-13-31-55(51)60-56)53-30-12-10-25-49(53)50-29-15-24-44-23-14-27-47(57(44)50)41-19-6-2-7-20-41/h1,3-5,8-18,21-39,41H,2,6-7,19-20H2. The van der Waals surface area contributed by atoms with Crippen molar-refractivity contribution >= 4 is 49.8 Å². The number of anilines is 3. The average molecular weight is 772 g/mol. The number of fused-ring (bicyclic) bond motifs is 4. The number of benzene rings is 9. The molecule has 2 nitrogen and oxygen atoms in total. The van der Waals surface area contributed by atoms with Crippen molar-refractivity contribution in [2.45, 2.75) is 38.0 Å². The van der Waals surface area contributed by atoms with Crippen LogP contribution in [0.5, 0.6) is 0 Å². The number of para-hydroxylation sites is 2. The third-order valence-corrected chi connectivity index (χ3v) is 12.7. The van der Waals surface area contributed by atoms with Gasteiger partial charge >= 0.3 is 0 Å². The van der Waals surface area contributed by atoms with Crippen molar-refractivity contribution in [2.24, 2.45) is 0 Å². The molecule has 1 aliphatic rings. The minimum atomic E-state index is 0.575. The lowest BCUT2D eigenvalue weighted by Crippen LogP contribution is -2.13. The van der Waals surface area contributed by atoms with Crippen molar-refractivity contribution in [3.63, 3.8) is 0 Å². The van der Waals surface area contributed by atoms with Crippen molar-refractivity contribution in [2.75, 3.05) is 4.90 Å². The summed E-state index contributed by atoms with van der Waals surface area (Å²) in [5.41, 5.74) is 16.2. The van der Waals surface area contributed by atoms with Crippen LogP contribution in [-0.4, -0.2) is 0 Å². The van der Waals surface area contributed by atoms with Gasteiger partial charge in [0.2, 0.25) is 0 Å². The van der Waals surface area contributed by atoms with Crippen LogP contribution in [-0.2, 0) is 0 Å². The highest BCUT2D eigenvalue weighted by Gasteiger charge is 2.25. The number of rotatable bonds is 8. The molecule has 9 aromatic carbocycles. The van der Waals surface area contributed by atoms with Crippen LogP contribution in [0.3, 0.4) is 0 Å². The first kappa shape index (κ1) is 36.0. The normalized spacial score (nSPS) is 13.3. The zero-order chi connectivity index (χ0) is 39.8. The molecule has 0 bridgehead atoms. The van der Waals surface area contributed by atoms with Gasteiger partial charge in [0, 0.05) is 27.6 Å². The molecule has 1 heterocycles. The Hall–Kier alpha value is -7.16. The van der Waals surface area contributed by atoms with E-state index in [4.69, 9.17) is 4.42 Å². The third kappa shape index (κ3) is 6.46. The predicted molar refractivity (Wildman–Crippen MR) is 253 cm³/mol. The quantitative estimate of drug-likeness (QED) is 0.153. The fourth-order valence-electron chi connectivity index (χ4n) is 9.85. The summed E-state index contributed by atoms with van der Waals surface area (Å²) in [7, 11) is 0. The fraction of sp³-hybridized carbons (Fsp3) is 0.103. The molecule has 10 aromatic rings. The van der Waals surface area contributed by atoms with Gasteiger partial charge in [-0.2, -0.15) is 0 Å². The molecule has 0 unspecified atom stereocenters. The molecule has 0 atom stereocenters. The molecular weight excluding hydrogens is 727 g/mol. The molecule has 0 N–H and O–H groups in total. The van der Waals surface area contributed by atoms with Gasteiger partial charge in [-0.3, -0.25) is 0 Å². The molecule has 1 aliphatic carbocycles. The van der Waals surface area contributed by atoms with Crippen LogP contribution in [0.1, 0.15) is 43.6 Å². The smallest absolute Gasteiger partial charge is 0.136 e. The first-order valence-electron chi connectivity index (χ1n) is 21.5. The molecule has 1 saturated carbocycles. The second-order valence-electron chi connectivity index (χ2n) is 16.2. The summed E-state index contributed by atoms with van der Waals surface area (Å²) in [6.07, 6.45) is 6.45. The Morgan fingerprint density at radius 3 is 1.80 bits per heavy atom. The Morgan fingerprint density at radius 2 is 0.983 bits per heavy atom. The van der Waals surface area contributed by atoms with Gasteiger partial charge in [0.15, 0.2) is 0 Å². The van der Waals surface area contributed by atoms with Gasteiger partial charge in [0.05, 0.1) is 11.4 Å². The second-order valence-corrected chi connectivity index (χ2v) is 16.2. The van der Waals surface area contributed by atoms with Gasteiger partial charge in [-0.1, -0.05) is 183 Å². The number of hydrogen-bond donors (Lipinski definition) is 0. The molecule has 60 heavy (non-hydrogen) atoms. The lowest BCUT2D eigenvalue weighted by molar-refractivity contribution is 0.445. The number of hydrogen-bond acceptors (Lipinski definition) is 2. The van der Waals surface area contributed by atoms with Crippen molar-refractivity contribution in [1.82, 2.24) is 0 Å². The molecule has 11 rings (SSSR count). The van der Waals surface area contributed by atoms with Gasteiger partial charge in [-0.05, 0) is 111 Å². The molecule has 0 amide bonds. The number of furan rings is 1. The van der Waals surface area contributed by atoms with Crippen LogP contribution < -0.4 is 4.90 Å². The van der Waals surface area contributed by atoms with Gasteiger partial charge in [-0.15, -0.1) is 0 Å². The first-order chi connectivity index (χ1) is 29.8. The van der Waals surface area contributed by atoms with E-state index in [9.17, 15) is 0 Å². The Balaban J connectivity index is 1.14. The molecule has 2 heteroatoms. The summed E-state index contributed by atoms with van der Waals surface area (Å²) >= 11 is 0. The summed E-state index contributed by atoms with van der Waals surface area (Å²) in [4.78, 5) is 2.49. The SMILES string of the molecule is c1ccc(-c2ccc(N(c3ccc(-c4cccc5oc6ccccc6c45)cc3)c3ccccc3-c3cccc4cccc(C5CCCCC5)c34)c(-c3ccccc3)c2)cc1. The van der Waals surface area contributed by atoms with Crippen LogP contribution in [0.15, 0.2) is 211 Å². The summed E-state index contributed by atoms with van der Waals surface area (Å²) < 4.78 is 6.31. The monoisotopic (exact) mass is 771 g/mol. The average Bonchev–Trinajstić information content (AvgIpc) is 3.72. The molecule has 288 valence electrons. The molecule has 1 aromatic heterocycles. The summed E-state index contributed by atoms with van der Waals surface area (Å²) in [6.45, 7) is 0. The highest BCUT2D eigenvalue weighted by Crippen LogP contribution is 2.49. The summed E-state index contributed by atoms with van der Waals surface area (Å²) in [5, 5.41) is 4.98. The fourth-order valence-corrected chi connectivity index (χ4v) is 9.85. The van der Waals surface area contributed by atoms with E-state index in [1.807, 2.05) is 6.07 Å². The topological polar surface area (TPSA) is 16.4 Å². The predicted octanol–water partition coefficient (Wildman–Crippen LogP) is 16.9. The molecule has 0 saturated heterocycles. The van der Waals surface area contributed by atoms with E-state index in [-0.39, 0.29) is 0 Å². The van der Waals surface area contributed by atoms with Crippen LogP contribution >= 0.6 is 0 Å². The summed E-state index contributed by atoms with van der Waals surface area (Å²) in [5.74, 6) is 0.575. The van der Waals surface area contributed by atoms with E-state index in [2.05, 4.69) is 205 Å². The Bertz CT molecular complexity index is 3110. The van der Waals surface area contributed by atoms with Gasteiger partial charge in [-0.25, -0.2) is 0 Å². The highest BCUT2D eigenvalue weighted by atomic mass is 16.3. The van der Waals surface area contributed by atoms with E-state index in [1.54, 1.807) is 0 Å². The maximum Gasteiger partial charge on any atom is 0.136 e. The van der Waals surface area contributed by atoms with Crippen molar-refractivity contribution in [3.8, 4) is 44.5 Å². The van der Waals surface area contributed by atoms with Crippen molar-refractivity contribution in [1.29, 1.82) is 0 Å². The van der Waals surface area contributed by atoms with Crippen molar-refractivity contribution in [3.05, 3.63) is 212 Å². The van der Waals surface area contributed by atoms with Gasteiger partial charge in [0.1, 0.15) is 11.2 Å². The van der Waals surface area contributed by atoms with Crippen LogP contribution in [0, 0.1) is 0 Å². The Labute approximate surface area is 352 Å². The van der Waals surface area contributed by atoms with E-state index < -0.39 is 0 Å². The molecule has 0 aliphatic heterocycles. The molecule has 0 spiro atoms. The summed E-state index contributed by atoms with van der Waals surface area (Å²) in [6, 6.07) is 75.3. The minimum Gasteiger partial charge on any atom is -0.456 e. The molecule has 0 radical (unpaired) electrons. The maximum absolute atomic E-state index is 6.31. The highest BCUT2D eigenvalue weighted by molar-refractivity contribution is 6.12. The second kappa shape index (κ2) is 15.5. The molecular formula is C58H45NO. The molecule has 1 fully saturated rings. The largest absolute Gasteiger partial charge is 0.456 e. The third-order valence-electron chi connectivity index (χ3n) is 12.7. The zero-order valence-corrected chi connectivity index (χ0v) is 33.6. The lowest BCUT2D eigenvalue weighted by atomic mass is 9.80.